The van der Waals surface area contributed by atoms with Gasteiger partial charge in [-0.15, -0.1) is 0 Å². The van der Waals surface area contributed by atoms with Crippen LogP contribution in [0.4, 0.5) is 10.5 Å². The van der Waals surface area contributed by atoms with E-state index in [1.54, 1.807) is 0 Å². The largest absolute Gasteiger partial charge is 0.481 e. The Bertz CT molecular complexity index is 760. The van der Waals surface area contributed by atoms with Crippen LogP contribution in [0.2, 0.25) is 0 Å². The van der Waals surface area contributed by atoms with Crippen molar-refractivity contribution in [2.24, 2.45) is 28.8 Å². The van der Waals surface area contributed by atoms with Crippen LogP contribution >= 0.6 is 0 Å². The van der Waals surface area contributed by atoms with Gasteiger partial charge in [-0.25, -0.2) is 10.2 Å². The molecule has 0 spiro atoms. The standard InChI is InChI=1S/C23H31N3O3/c1-16(25-26-23(29)24-19-9-5-4-6-10-19)22-18-14-13-17(15-18)20(22)11-7-2-3-8-12-21(27)28/h2,4-7,9-10,17-18,20,22H,3,8,11-15H2,1H3,(H,27,28)(H2,24,26,29)/b7-2-,25-16?. The summed E-state index contributed by atoms with van der Waals surface area (Å²) in [6.07, 6.45) is 10.8. The lowest BCUT2D eigenvalue weighted by atomic mass is 9.75. The number of fused-ring (bicyclic) bond motifs is 2. The molecule has 6 heteroatoms. The van der Waals surface area contributed by atoms with Gasteiger partial charge in [-0.05, 0) is 75.3 Å². The zero-order valence-corrected chi connectivity index (χ0v) is 17.0. The lowest BCUT2D eigenvalue weighted by Gasteiger charge is -2.30. The van der Waals surface area contributed by atoms with E-state index in [0.717, 1.165) is 30.2 Å². The second kappa shape index (κ2) is 10.2. The maximum atomic E-state index is 12.1. The van der Waals surface area contributed by atoms with Crippen molar-refractivity contribution in [3.63, 3.8) is 0 Å². The first-order valence-electron chi connectivity index (χ1n) is 10.6. The average Bonchev–Trinajstić information content (AvgIpc) is 3.31. The van der Waals surface area contributed by atoms with Gasteiger partial charge < -0.3 is 10.4 Å². The highest BCUT2D eigenvalue weighted by Gasteiger charge is 2.47. The van der Waals surface area contributed by atoms with Gasteiger partial charge in [0.15, 0.2) is 0 Å². The third kappa shape index (κ3) is 5.92. The van der Waals surface area contributed by atoms with E-state index in [2.05, 4.69) is 28.0 Å². The van der Waals surface area contributed by atoms with Crippen molar-refractivity contribution in [3.05, 3.63) is 42.5 Å². The van der Waals surface area contributed by atoms with Crippen molar-refractivity contribution < 1.29 is 14.7 Å². The van der Waals surface area contributed by atoms with Crippen molar-refractivity contribution >= 4 is 23.4 Å². The van der Waals surface area contributed by atoms with E-state index in [1.165, 1.54) is 19.3 Å². The van der Waals surface area contributed by atoms with Crippen LogP contribution in [-0.2, 0) is 4.79 Å². The zero-order chi connectivity index (χ0) is 20.6. The Morgan fingerprint density at radius 2 is 1.93 bits per heavy atom. The maximum Gasteiger partial charge on any atom is 0.339 e. The predicted octanol–water partition coefficient (Wildman–Crippen LogP) is 5.05. The van der Waals surface area contributed by atoms with Gasteiger partial charge >= 0.3 is 12.0 Å². The second-order valence-electron chi connectivity index (χ2n) is 8.20. The lowest BCUT2D eigenvalue weighted by molar-refractivity contribution is -0.137. The average molecular weight is 398 g/mol. The molecule has 0 aromatic heterocycles. The SMILES string of the molecule is CC(=NNC(=O)Nc1ccccc1)C1C2CCC(C2)C1C/C=C\CCCC(=O)O. The molecule has 3 rings (SSSR count). The molecule has 1 aromatic carbocycles. The number of unbranched alkanes of at least 4 members (excludes halogenated alkanes) is 1. The van der Waals surface area contributed by atoms with Crippen molar-refractivity contribution in [1.29, 1.82) is 0 Å². The number of hydrazone groups is 1. The Morgan fingerprint density at radius 3 is 2.69 bits per heavy atom. The number of hydrogen-bond donors (Lipinski definition) is 3. The van der Waals surface area contributed by atoms with Gasteiger partial charge in [-0.1, -0.05) is 30.4 Å². The van der Waals surface area contributed by atoms with Crippen molar-refractivity contribution in [2.45, 2.75) is 51.9 Å². The van der Waals surface area contributed by atoms with Crippen LogP contribution in [0.5, 0.6) is 0 Å². The van der Waals surface area contributed by atoms with E-state index < -0.39 is 5.97 Å². The highest BCUT2D eigenvalue weighted by atomic mass is 16.4. The number of nitrogens with one attached hydrogen (secondary N) is 2. The van der Waals surface area contributed by atoms with Crippen LogP contribution in [-0.4, -0.2) is 22.8 Å². The van der Waals surface area contributed by atoms with E-state index >= 15 is 0 Å². The fourth-order valence-corrected chi connectivity index (χ4v) is 5.04. The topological polar surface area (TPSA) is 90.8 Å². The van der Waals surface area contributed by atoms with Crippen LogP contribution in [0.1, 0.15) is 51.9 Å². The number of carboxylic acids is 1. The third-order valence-corrected chi connectivity index (χ3v) is 6.27. The number of nitrogens with zero attached hydrogens (tertiary/aromatic N) is 1. The van der Waals surface area contributed by atoms with Crippen LogP contribution in [0, 0.1) is 23.7 Å². The third-order valence-electron chi connectivity index (χ3n) is 6.27. The minimum atomic E-state index is -0.734. The molecule has 0 heterocycles. The molecule has 0 saturated heterocycles. The number of carbonyl (C=O) groups is 2. The molecular weight excluding hydrogens is 366 g/mol. The van der Waals surface area contributed by atoms with Crippen molar-refractivity contribution in [2.75, 3.05) is 5.32 Å². The molecule has 2 saturated carbocycles. The van der Waals surface area contributed by atoms with Crippen molar-refractivity contribution in [1.82, 2.24) is 5.43 Å². The smallest absolute Gasteiger partial charge is 0.339 e. The molecule has 6 nitrogen and oxygen atoms in total. The van der Waals surface area contributed by atoms with E-state index in [4.69, 9.17) is 5.11 Å². The van der Waals surface area contributed by atoms with Gasteiger partial charge in [0.1, 0.15) is 0 Å². The summed E-state index contributed by atoms with van der Waals surface area (Å²) in [7, 11) is 0. The van der Waals surface area contributed by atoms with Crippen molar-refractivity contribution in [3.8, 4) is 0 Å². The molecule has 2 aliphatic rings. The Hall–Kier alpha value is -2.63. The fourth-order valence-electron chi connectivity index (χ4n) is 5.04. The minimum absolute atomic E-state index is 0.226. The first-order valence-corrected chi connectivity index (χ1v) is 10.6. The number of hydrogen-bond acceptors (Lipinski definition) is 3. The summed E-state index contributed by atoms with van der Waals surface area (Å²) in [6.45, 7) is 2.03. The monoisotopic (exact) mass is 397 g/mol. The number of benzene rings is 1. The molecule has 156 valence electrons. The highest BCUT2D eigenvalue weighted by Crippen LogP contribution is 2.54. The number of allylic oxidation sites excluding steroid dienone is 2. The summed E-state index contributed by atoms with van der Waals surface area (Å²) in [6, 6.07) is 9.00. The number of para-hydroxylation sites is 1. The van der Waals surface area contributed by atoms with Gasteiger partial charge in [0.05, 0.1) is 0 Å². The second-order valence-corrected chi connectivity index (χ2v) is 8.20. The summed E-state index contributed by atoms with van der Waals surface area (Å²) in [4.78, 5) is 22.7. The van der Waals surface area contributed by atoms with Gasteiger partial charge in [0.25, 0.3) is 0 Å². The van der Waals surface area contributed by atoms with Crippen LogP contribution < -0.4 is 10.7 Å². The summed E-state index contributed by atoms with van der Waals surface area (Å²) in [5, 5.41) is 15.9. The Balaban J connectivity index is 1.52. The van der Waals surface area contributed by atoms with Crippen LogP contribution in [0.25, 0.3) is 0 Å². The van der Waals surface area contributed by atoms with E-state index in [-0.39, 0.29) is 12.5 Å². The molecular formula is C23H31N3O3. The molecule has 29 heavy (non-hydrogen) atoms. The Labute approximate surface area is 172 Å². The molecule has 2 amide bonds. The van der Waals surface area contributed by atoms with Gasteiger partial charge in [-0.2, -0.15) is 5.10 Å². The highest BCUT2D eigenvalue weighted by molar-refractivity contribution is 5.91. The molecule has 3 N–H and O–H groups in total. The molecule has 2 fully saturated rings. The van der Waals surface area contributed by atoms with E-state index in [9.17, 15) is 9.59 Å². The molecule has 2 bridgehead atoms. The molecule has 4 unspecified atom stereocenters. The summed E-state index contributed by atoms with van der Waals surface area (Å²) in [5.41, 5.74) is 4.39. The van der Waals surface area contributed by atoms with Gasteiger partial charge in [0, 0.05) is 23.7 Å². The normalized spacial score (nSPS) is 26.0. The summed E-state index contributed by atoms with van der Waals surface area (Å²) >= 11 is 0. The number of aliphatic carboxylic acids is 1. The Morgan fingerprint density at radius 1 is 1.17 bits per heavy atom. The number of carbonyl (C=O) groups excluding carboxylic acids is 1. The fraction of sp³-hybridized carbons (Fsp3) is 0.522. The summed E-state index contributed by atoms with van der Waals surface area (Å²) in [5.74, 6) is 1.63. The number of urea groups is 1. The first-order chi connectivity index (χ1) is 14.0. The Kier molecular flexibility index (Phi) is 7.44. The summed E-state index contributed by atoms with van der Waals surface area (Å²) < 4.78 is 0. The van der Waals surface area contributed by atoms with E-state index in [1.807, 2.05) is 37.3 Å². The number of carboxylic acid groups (broad SMARTS) is 1. The molecule has 0 aliphatic heterocycles. The van der Waals surface area contributed by atoms with Gasteiger partial charge in [0.2, 0.25) is 0 Å². The number of amides is 2. The molecule has 2 aliphatic carbocycles. The number of rotatable bonds is 9. The van der Waals surface area contributed by atoms with Gasteiger partial charge in [-0.3, -0.25) is 4.79 Å². The van der Waals surface area contributed by atoms with Crippen LogP contribution in [0.15, 0.2) is 47.6 Å². The zero-order valence-electron chi connectivity index (χ0n) is 17.0. The quantitative estimate of drug-likeness (QED) is 0.236. The minimum Gasteiger partial charge on any atom is -0.481 e. The maximum absolute atomic E-state index is 12.1. The van der Waals surface area contributed by atoms with Crippen LogP contribution in [0.3, 0.4) is 0 Å². The predicted molar refractivity (Wildman–Crippen MR) is 115 cm³/mol. The molecule has 4 atom stereocenters. The lowest BCUT2D eigenvalue weighted by Crippen LogP contribution is -2.31. The first kappa shape index (κ1) is 21.1. The molecule has 0 radical (unpaired) electrons. The molecule has 1 aromatic rings. The number of anilines is 1. The van der Waals surface area contributed by atoms with E-state index in [0.29, 0.717) is 24.2 Å².